The topological polar surface area (TPSA) is 46.2 Å². The van der Waals surface area contributed by atoms with E-state index in [2.05, 4.69) is 0 Å². The molecule has 0 aliphatic heterocycles. The molecule has 2 nitrogen and oxygen atoms in total. The van der Waals surface area contributed by atoms with Gasteiger partial charge in [0.05, 0.1) is 6.10 Å². The summed E-state index contributed by atoms with van der Waals surface area (Å²) < 4.78 is 0. The van der Waals surface area contributed by atoms with Crippen molar-refractivity contribution < 1.29 is 5.11 Å². The van der Waals surface area contributed by atoms with Crippen molar-refractivity contribution in [3.8, 4) is 0 Å². The van der Waals surface area contributed by atoms with Crippen molar-refractivity contribution in [1.29, 1.82) is 0 Å². The molecular formula is C5H12ClNO. The normalized spacial score (nSPS) is 35.2. The maximum absolute atomic E-state index is 8.83. The maximum atomic E-state index is 8.83. The Morgan fingerprint density at radius 3 is 2.12 bits per heavy atom. The number of nitrogens with two attached hydrogens (primary N) is 1. The average molecular weight is 138 g/mol. The summed E-state index contributed by atoms with van der Waals surface area (Å²) in [4.78, 5) is 0. The molecule has 1 aliphatic rings. The lowest BCUT2D eigenvalue weighted by atomic mass is 9.82. The van der Waals surface area contributed by atoms with Gasteiger partial charge in [0.2, 0.25) is 0 Å². The number of aliphatic hydroxyl groups is 1. The van der Waals surface area contributed by atoms with Crippen LogP contribution in [-0.4, -0.2) is 17.8 Å². The van der Waals surface area contributed by atoms with Crippen molar-refractivity contribution in [2.75, 3.05) is 6.54 Å². The summed E-state index contributed by atoms with van der Waals surface area (Å²) in [6.07, 6.45) is 2.00. The molecule has 2 unspecified atom stereocenters. The van der Waals surface area contributed by atoms with Gasteiger partial charge in [-0.1, -0.05) is 0 Å². The molecule has 0 saturated heterocycles. The van der Waals surface area contributed by atoms with Crippen LogP contribution in [0.4, 0.5) is 0 Å². The SMILES string of the molecule is Cl.NCC1CCC1O. The van der Waals surface area contributed by atoms with Crippen molar-refractivity contribution in [3.05, 3.63) is 0 Å². The lowest BCUT2D eigenvalue weighted by Gasteiger charge is -2.30. The van der Waals surface area contributed by atoms with Crippen LogP contribution >= 0.6 is 12.4 Å². The van der Waals surface area contributed by atoms with Gasteiger partial charge in [-0.2, -0.15) is 0 Å². The van der Waals surface area contributed by atoms with E-state index in [0.29, 0.717) is 12.5 Å². The van der Waals surface area contributed by atoms with E-state index in [1.54, 1.807) is 0 Å². The molecule has 1 fully saturated rings. The minimum atomic E-state index is -0.0787. The first-order chi connectivity index (χ1) is 3.34. The van der Waals surface area contributed by atoms with Crippen molar-refractivity contribution >= 4 is 12.4 Å². The molecule has 1 saturated carbocycles. The average Bonchev–Trinajstić information content (AvgIpc) is 1.65. The Morgan fingerprint density at radius 1 is 1.50 bits per heavy atom. The van der Waals surface area contributed by atoms with Crippen LogP contribution in [0.3, 0.4) is 0 Å². The molecule has 50 valence electrons. The highest BCUT2D eigenvalue weighted by Crippen LogP contribution is 2.25. The molecule has 1 aliphatic carbocycles. The van der Waals surface area contributed by atoms with Crippen LogP contribution in [0.15, 0.2) is 0 Å². The molecular weight excluding hydrogens is 126 g/mol. The van der Waals surface area contributed by atoms with Gasteiger partial charge < -0.3 is 10.8 Å². The Balaban J connectivity index is 0.000000490. The molecule has 0 aromatic heterocycles. The molecule has 0 spiro atoms. The van der Waals surface area contributed by atoms with Crippen LogP contribution in [0.5, 0.6) is 0 Å². The third-order valence-corrected chi connectivity index (χ3v) is 1.68. The van der Waals surface area contributed by atoms with Crippen molar-refractivity contribution in [2.45, 2.75) is 18.9 Å². The van der Waals surface area contributed by atoms with Crippen LogP contribution in [0.2, 0.25) is 0 Å². The summed E-state index contributed by atoms with van der Waals surface area (Å²) in [6, 6.07) is 0. The van der Waals surface area contributed by atoms with Gasteiger partial charge in [0.1, 0.15) is 0 Å². The van der Waals surface area contributed by atoms with E-state index >= 15 is 0 Å². The first-order valence-electron chi connectivity index (χ1n) is 2.72. The molecule has 2 atom stereocenters. The lowest BCUT2D eigenvalue weighted by Crippen LogP contribution is -2.36. The van der Waals surface area contributed by atoms with Gasteiger partial charge in [0.25, 0.3) is 0 Å². The summed E-state index contributed by atoms with van der Waals surface area (Å²) in [6.45, 7) is 0.654. The molecule has 0 amide bonds. The Labute approximate surface area is 55.5 Å². The fraction of sp³-hybridized carbons (Fsp3) is 1.00. The number of rotatable bonds is 1. The number of hydrogen-bond acceptors (Lipinski definition) is 2. The van der Waals surface area contributed by atoms with Gasteiger partial charge in [0, 0.05) is 0 Å². The Morgan fingerprint density at radius 2 is 2.12 bits per heavy atom. The molecule has 0 aromatic carbocycles. The molecule has 8 heavy (non-hydrogen) atoms. The maximum Gasteiger partial charge on any atom is 0.0580 e. The Kier molecular flexibility index (Phi) is 3.36. The van der Waals surface area contributed by atoms with Gasteiger partial charge in [-0.3, -0.25) is 0 Å². The zero-order valence-electron chi connectivity index (χ0n) is 4.71. The van der Waals surface area contributed by atoms with E-state index in [1.807, 2.05) is 0 Å². The van der Waals surface area contributed by atoms with Gasteiger partial charge in [-0.15, -0.1) is 12.4 Å². The van der Waals surface area contributed by atoms with Gasteiger partial charge >= 0.3 is 0 Å². The first-order valence-corrected chi connectivity index (χ1v) is 2.72. The number of hydrogen-bond donors (Lipinski definition) is 2. The second-order valence-corrected chi connectivity index (χ2v) is 2.14. The van der Waals surface area contributed by atoms with E-state index in [9.17, 15) is 0 Å². The van der Waals surface area contributed by atoms with E-state index in [4.69, 9.17) is 10.8 Å². The fourth-order valence-corrected chi connectivity index (χ4v) is 0.826. The summed E-state index contributed by atoms with van der Waals surface area (Å²) >= 11 is 0. The van der Waals surface area contributed by atoms with Crippen LogP contribution in [0.25, 0.3) is 0 Å². The summed E-state index contributed by atoms with van der Waals surface area (Å²) in [5.74, 6) is 0.417. The van der Waals surface area contributed by atoms with Gasteiger partial charge in [-0.25, -0.2) is 0 Å². The third-order valence-electron chi connectivity index (χ3n) is 1.68. The molecule has 1 rings (SSSR count). The summed E-state index contributed by atoms with van der Waals surface area (Å²) in [7, 11) is 0. The standard InChI is InChI=1S/C5H11NO.ClH/c6-3-4-1-2-5(4)7;/h4-5,7H,1-3,6H2;1H. The van der Waals surface area contributed by atoms with E-state index < -0.39 is 0 Å². The zero-order chi connectivity index (χ0) is 5.28. The second kappa shape index (κ2) is 3.28. The van der Waals surface area contributed by atoms with E-state index in [0.717, 1.165) is 12.8 Å². The lowest BCUT2D eigenvalue weighted by molar-refractivity contribution is 0.0292. The van der Waals surface area contributed by atoms with Gasteiger partial charge in [0.15, 0.2) is 0 Å². The number of aliphatic hydroxyl groups excluding tert-OH is 1. The quantitative estimate of drug-likeness (QED) is 0.540. The van der Waals surface area contributed by atoms with Crippen LogP contribution < -0.4 is 5.73 Å². The van der Waals surface area contributed by atoms with Crippen molar-refractivity contribution in [1.82, 2.24) is 0 Å². The van der Waals surface area contributed by atoms with E-state index in [-0.39, 0.29) is 18.5 Å². The smallest absolute Gasteiger partial charge is 0.0580 e. The highest BCUT2D eigenvalue weighted by atomic mass is 35.5. The van der Waals surface area contributed by atoms with Crippen LogP contribution in [0.1, 0.15) is 12.8 Å². The summed E-state index contributed by atoms with van der Waals surface area (Å²) in [5, 5.41) is 8.83. The monoisotopic (exact) mass is 137 g/mol. The zero-order valence-corrected chi connectivity index (χ0v) is 5.53. The Bertz CT molecular complexity index is 67.4. The van der Waals surface area contributed by atoms with Gasteiger partial charge in [-0.05, 0) is 25.3 Å². The van der Waals surface area contributed by atoms with Crippen molar-refractivity contribution in [3.63, 3.8) is 0 Å². The molecule has 0 aromatic rings. The highest BCUT2D eigenvalue weighted by Gasteiger charge is 2.26. The van der Waals surface area contributed by atoms with Crippen LogP contribution in [-0.2, 0) is 0 Å². The second-order valence-electron chi connectivity index (χ2n) is 2.14. The molecule has 3 heteroatoms. The predicted octanol–water partition coefficient (Wildman–Crippen LogP) is 0.138. The van der Waals surface area contributed by atoms with Crippen LogP contribution in [0, 0.1) is 5.92 Å². The molecule has 0 radical (unpaired) electrons. The minimum Gasteiger partial charge on any atom is -0.393 e. The van der Waals surface area contributed by atoms with Crippen molar-refractivity contribution in [2.24, 2.45) is 11.7 Å². The molecule has 0 heterocycles. The first kappa shape index (κ1) is 8.21. The Hall–Kier alpha value is 0.210. The number of halogens is 1. The fourth-order valence-electron chi connectivity index (χ4n) is 0.826. The third kappa shape index (κ3) is 1.34. The van der Waals surface area contributed by atoms with E-state index in [1.165, 1.54) is 0 Å². The predicted molar refractivity (Wildman–Crippen MR) is 35.0 cm³/mol. The molecule has 0 bridgehead atoms. The summed E-state index contributed by atoms with van der Waals surface area (Å²) in [5.41, 5.74) is 5.26. The minimum absolute atomic E-state index is 0. The molecule has 3 N–H and O–H groups in total. The highest BCUT2D eigenvalue weighted by molar-refractivity contribution is 5.85. The largest absolute Gasteiger partial charge is 0.393 e.